The smallest absolute Gasteiger partial charge is 0.402 e. The van der Waals surface area contributed by atoms with Crippen molar-refractivity contribution in [1.29, 1.82) is 0 Å². The third kappa shape index (κ3) is 153. The molecule has 1 aromatic carbocycles. The van der Waals surface area contributed by atoms with Gasteiger partial charge in [-0.15, -0.1) is 12.1 Å². The van der Waals surface area contributed by atoms with Crippen molar-refractivity contribution in [1.82, 2.24) is 0 Å². The second kappa shape index (κ2) is 27.8. The molecule has 1 aromatic rings. The maximum absolute atomic E-state index is 11.9. The van der Waals surface area contributed by atoms with E-state index in [0.29, 0.717) is 0 Å². The van der Waals surface area contributed by atoms with E-state index in [2.05, 4.69) is 6.07 Å². The zero-order valence-corrected chi connectivity index (χ0v) is 14.4. The van der Waals surface area contributed by atoms with E-state index in [1.165, 1.54) is 12.1 Å². The Balaban J connectivity index is -0.0000000641. The van der Waals surface area contributed by atoms with Crippen LogP contribution in [0.2, 0.25) is 0 Å². The number of hydrogen-bond acceptors (Lipinski definition) is 12. The van der Waals surface area contributed by atoms with Crippen LogP contribution >= 0.6 is 0 Å². The van der Waals surface area contributed by atoms with Gasteiger partial charge in [-0.25, -0.2) is 4.39 Å². The van der Waals surface area contributed by atoms with Gasteiger partial charge >= 0.3 is 58.8 Å². The predicted molar refractivity (Wildman–Crippen MR) is 74.9 cm³/mol. The Hall–Kier alpha value is -0.0703. The average Bonchev–Trinajstić information content (AvgIpc) is 2.26. The van der Waals surface area contributed by atoms with Crippen molar-refractivity contribution in [3.05, 3.63) is 36.1 Å². The molecule has 0 aliphatic carbocycles. The molecule has 132 valence electrons. The largest absolute Gasteiger partial charge is 1.00 e. The van der Waals surface area contributed by atoms with Crippen LogP contribution in [0.1, 0.15) is 0 Å². The molecule has 0 fully saturated rings. The van der Waals surface area contributed by atoms with Crippen molar-refractivity contribution in [2.45, 2.75) is 0 Å². The quantitative estimate of drug-likeness (QED) is 0.151. The maximum atomic E-state index is 11.9. The van der Waals surface area contributed by atoms with Crippen LogP contribution in [0.15, 0.2) is 24.3 Å². The van der Waals surface area contributed by atoms with E-state index in [1.807, 2.05) is 0 Å². The Labute approximate surface area is 159 Å². The number of halogens is 1. The van der Waals surface area contributed by atoms with Gasteiger partial charge in [0.05, 0.1) is 0 Å². The topological polar surface area (TPSA) is 243 Å². The van der Waals surface area contributed by atoms with Crippen LogP contribution in [0.3, 0.4) is 0 Å². The second-order valence-electron chi connectivity index (χ2n) is 2.60. The zero-order chi connectivity index (χ0) is 19.4. The van der Waals surface area contributed by atoms with Gasteiger partial charge in [0.25, 0.3) is 0 Å². The molecule has 0 spiro atoms. The Morgan fingerprint density at radius 1 is 0.625 bits per heavy atom. The SMILES string of the molecule is Fc1[c-]cccc1.OB(O)O.OB(O)O.OB(O)O.OB(O)O.[Na+]. The van der Waals surface area contributed by atoms with Gasteiger partial charge in [0.1, 0.15) is 0 Å². The van der Waals surface area contributed by atoms with Gasteiger partial charge < -0.3 is 60.3 Å². The van der Waals surface area contributed by atoms with Crippen LogP contribution < -0.4 is 29.6 Å². The third-order valence-electron chi connectivity index (χ3n) is 0.671. The molecule has 0 radical (unpaired) electrons. The first kappa shape index (κ1) is 35.1. The monoisotopic (exact) mass is 366 g/mol. The summed E-state index contributed by atoms with van der Waals surface area (Å²) in [5, 5.41) is 86.0. The minimum Gasteiger partial charge on any atom is -0.402 e. The van der Waals surface area contributed by atoms with Crippen molar-refractivity contribution < 1.29 is 94.2 Å². The van der Waals surface area contributed by atoms with E-state index in [1.54, 1.807) is 12.1 Å². The molecule has 0 unspecified atom stereocenters. The molecule has 0 amide bonds. The summed E-state index contributed by atoms with van der Waals surface area (Å²) in [6.07, 6.45) is 0. The molecule has 0 heterocycles. The van der Waals surface area contributed by atoms with Gasteiger partial charge in [-0.3, -0.25) is 0 Å². The molecular weight excluding hydrogens is 349 g/mol. The Morgan fingerprint density at radius 3 is 0.958 bits per heavy atom. The fourth-order valence-corrected chi connectivity index (χ4v) is 0.371. The summed E-state index contributed by atoms with van der Waals surface area (Å²) >= 11 is 0. The van der Waals surface area contributed by atoms with Crippen LogP contribution in [0.5, 0.6) is 0 Å². The van der Waals surface area contributed by atoms with E-state index in [4.69, 9.17) is 60.3 Å². The number of hydrogen-bond donors (Lipinski definition) is 12. The van der Waals surface area contributed by atoms with E-state index in [-0.39, 0.29) is 35.4 Å². The molecule has 0 aliphatic heterocycles. The fraction of sp³-hybridized carbons (Fsp3) is 0. The molecule has 12 nitrogen and oxygen atoms in total. The van der Waals surface area contributed by atoms with E-state index in [0.717, 1.165) is 0 Å². The summed E-state index contributed by atoms with van der Waals surface area (Å²) in [6.45, 7) is 0. The molecule has 0 atom stereocenters. The fourth-order valence-electron chi connectivity index (χ4n) is 0.371. The van der Waals surface area contributed by atoms with Crippen LogP contribution in [-0.2, 0) is 0 Å². The standard InChI is InChI=1S/C6H4F.4BH3O3.Na/c7-6-4-2-1-3-5-6;4*2-1(3)4;/h1-4H;4*2-4H;/q-1;;;;;+1. The third-order valence-corrected chi connectivity index (χ3v) is 0.671. The maximum Gasteiger partial charge on any atom is 1.00 e. The Bertz CT molecular complexity index is 276. The molecule has 0 bridgehead atoms. The van der Waals surface area contributed by atoms with Crippen LogP contribution in [-0.4, -0.2) is 89.6 Å². The summed E-state index contributed by atoms with van der Waals surface area (Å²) in [5.41, 5.74) is 0. The molecule has 0 aliphatic rings. The first-order valence-corrected chi connectivity index (χ1v) is 5.11. The minimum absolute atomic E-state index is 0. The van der Waals surface area contributed by atoms with Crippen molar-refractivity contribution in [2.75, 3.05) is 0 Å². The van der Waals surface area contributed by atoms with Gasteiger partial charge in [-0.05, 0) is 0 Å². The Kier molecular flexibility index (Phi) is 40.6. The molecule has 18 heteroatoms. The summed E-state index contributed by atoms with van der Waals surface area (Å²) < 4.78 is 11.9. The summed E-state index contributed by atoms with van der Waals surface area (Å²) in [5.74, 6) is -0.303. The van der Waals surface area contributed by atoms with Gasteiger partial charge in [0.2, 0.25) is 0 Å². The molecule has 1 rings (SSSR count). The summed E-state index contributed by atoms with van der Waals surface area (Å²) in [7, 11) is -8.67. The first-order chi connectivity index (χ1) is 10.3. The number of rotatable bonds is 0. The molecule has 12 N–H and O–H groups in total. The van der Waals surface area contributed by atoms with Gasteiger partial charge in [-0.1, -0.05) is 0 Å². The molecule has 24 heavy (non-hydrogen) atoms. The summed E-state index contributed by atoms with van der Waals surface area (Å²) in [4.78, 5) is 0. The van der Waals surface area contributed by atoms with Crippen LogP contribution in [0.4, 0.5) is 4.39 Å². The molecular formula is C6H16B4FNaO12. The predicted octanol–water partition coefficient (Wildman–Crippen LogP) is -9.58. The van der Waals surface area contributed by atoms with Crippen molar-refractivity contribution >= 4 is 29.3 Å². The molecule has 0 saturated heterocycles. The van der Waals surface area contributed by atoms with E-state index < -0.39 is 29.3 Å². The Morgan fingerprint density at radius 2 is 0.875 bits per heavy atom. The summed E-state index contributed by atoms with van der Waals surface area (Å²) in [6, 6.07) is 8.62. The molecule has 0 saturated carbocycles. The normalized spacial score (nSPS) is 7.04. The average molecular weight is 365 g/mol. The van der Waals surface area contributed by atoms with Gasteiger partial charge in [0.15, 0.2) is 0 Å². The van der Waals surface area contributed by atoms with Crippen molar-refractivity contribution in [2.24, 2.45) is 0 Å². The van der Waals surface area contributed by atoms with Gasteiger partial charge in [0, 0.05) is 5.82 Å². The minimum atomic E-state index is -2.17. The molecule has 0 aromatic heterocycles. The van der Waals surface area contributed by atoms with Crippen LogP contribution in [0.25, 0.3) is 0 Å². The number of benzene rings is 1. The van der Waals surface area contributed by atoms with E-state index >= 15 is 0 Å². The van der Waals surface area contributed by atoms with Crippen molar-refractivity contribution in [3.8, 4) is 0 Å². The van der Waals surface area contributed by atoms with Crippen LogP contribution in [0, 0.1) is 11.9 Å². The van der Waals surface area contributed by atoms with E-state index in [9.17, 15) is 4.39 Å². The first-order valence-electron chi connectivity index (χ1n) is 5.11. The second-order valence-corrected chi connectivity index (χ2v) is 2.60. The van der Waals surface area contributed by atoms with Crippen molar-refractivity contribution in [3.63, 3.8) is 0 Å². The zero-order valence-electron chi connectivity index (χ0n) is 12.4. The van der Waals surface area contributed by atoms with Gasteiger partial charge in [-0.2, -0.15) is 18.2 Å².